The Bertz CT molecular complexity index is 2780. The van der Waals surface area contributed by atoms with Gasteiger partial charge in [0.05, 0.1) is 0 Å². The van der Waals surface area contributed by atoms with Gasteiger partial charge in [-0.05, 0) is 97.7 Å². The molecule has 0 aliphatic heterocycles. The van der Waals surface area contributed by atoms with Crippen LogP contribution in [0, 0.1) is 0 Å². The first-order chi connectivity index (χ1) is 25.0. The highest BCUT2D eigenvalue weighted by Gasteiger charge is 2.35. The van der Waals surface area contributed by atoms with Crippen molar-refractivity contribution in [3.63, 3.8) is 0 Å². The van der Waals surface area contributed by atoms with Gasteiger partial charge in [-0.3, -0.25) is 0 Å². The molecule has 9 aromatic rings. The van der Waals surface area contributed by atoms with Crippen molar-refractivity contribution in [1.29, 1.82) is 0 Å². The minimum absolute atomic E-state index is 0.0928. The van der Waals surface area contributed by atoms with Crippen molar-refractivity contribution in [2.24, 2.45) is 0 Å². The molecule has 51 heavy (non-hydrogen) atoms. The fourth-order valence-electron chi connectivity index (χ4n) is 8.33. The predicted molar refractivity (Wildman–Crippen MR) is 220 cm³/mol. The van der Waals surface area contributed by atoms with E-state index in [1.807, 2.05) is 11.3 Å². The maximum atomic E-state index is 2.43. The number of anilines is 3. The third-order valence-electron chi connectivity index (χ3n) is 10.9. The highest BCUT2D eigenvalue weighted by molar-refractivity contribution is 7.26. The van der Waals surface area contributed by atoms with Crippen LogP contribution in [-0.4, -0.2) is 0 Å². The van der Waals surface area contributed by atoms with Crippen molar-refractivity contribution in [1.82, 2.24) is 0 Å². The van der Waals surface area contributed by atoms with E-state index in [2.05, 4.69) is 195 Å². The highest BCUT2D eigenvalue weighted by Crippen LogP contribution is 2.51. The van der Waals surface area contributed by atoms with Gasteiger partial charge in [-0.15, -0.1) is 11.3 Å². The van der Waals surface area contributed by atoms with Crippen molar-refractivity contribution in [2.75, 3.05) is 4.90 Å². The average molecular weight is 670 g/mol. The van der Waals surface area contributed by atoms with Crippen LogP contribution in [0.4, 0.5) is 17.1 Å². The molecule has 0 unspecified atom stereocenters. The van der Waals surface area contributed by atoms with Gasteiger partial charge in [-0.2, -0.15) is 0 Å². The normalized spacial score (nSPS) is 13.1. The van der Waals surface area contributed by atoms with Crippen LogP contribution < -0.4 is 4.90 Å². The van der Waals surface area contributed by atoms with Crippen molar-refractivity contribution in [3.05, 3.63) is 187 Å². The Morgan fingerprint density at radius 3 is 1.94 bits per heavy atom. The van der Waals surface area contributed by atoms with Crippen LogP contribution in [0.15, 0.2) is 176 Å². The summed E-state index contributed by atoms with van der Waals surface area (Å²) in [4.78, 5) is 2.43. The van der Waals surface area contributed by atoms with Crippen LogP contribution in [0.3, 0.4) is 0 Å². The third kappa shape index (κ3) is 4.75. The summed E-state index contributed by atoms with van der Waals surface area (Å²) in [6.07, 6.45) is 0. The second kappa shape index (κ2) is 11.6. The molecule has 0 amide bonds. The van der Waals surface area contributed by atoms with E-state index in [1.165, 1.54) is 75.5 Å². The smallest absolute Gasteiger partial charge is 0.0467 e. The quantitative estimate of drug-likeness (QED) is 0.176. The van der Waals surface area contributed by atoms with Crippen LogP contribution in [0.1, 0.15) is 25.0 Å². The molecule has 1 aliphatic carbocycles. The summed E-state index contributed by atoms with van der Waals surface area (Å²) in [5, 5.41) is 5.17. The van der Waals surface area contributed by atoms with Gasteiger partial charge in [0.25, 0.3) is 0 Å². The molecule has 0 atom stereocenters. The lowest BCUT2D eigenvalue weighted by molar-refractivity contribution is 0.660. The van der Waals surface area contributed by atoms with Crippen LogP contribution in [-0.2, 0) is 5.41 Å². The lowest BCUT2D eigenvalue weighted by Gasteiger charge is -2.28. The molecule has 242 valence electrons. The topological polar surface area (TPSA) is 3.24 Å². The van der Waals surface area contributed by atoms with Crippen molar-refractivity contribution < 1.29 is 0 Å². The molecule has 0 bridgehead atoms. The number of nitrogens with zero attached hydrogens (tertiary/aromatic N) is 1. The zero-order valence-corrected chi connectivity index (χ0v) is 29.4. The van der Waals surface area contributed by atoms with E-state index in [0.717, 1.165) is 17.1 Å². The van der Waals surface area contributed by atoms with Crippen molar-refractivity contribution >= 4 is 59.3 Å². The number of thiophene rings is 1. The monoisotopic (exact) mass is 669 g/mol. The average Bonchev–Trinajstić information content (AvgIpc) is 3.67. The maximum Gasteiger partial charge on any atom is 0.0467 e. The minimum Gasteiger partial charge on any atom is -0.310 e. The van der Waals surface area contributed by atoms with Gasteiger partial charge < -0.3 is 4.90 Å². The summed E-state index contributed by atoms with van der Waals surface area (Å²) < 4.78 is 2.66. The number of hydrogen-bond donors (Lipinski definition) is 0. The van der Waals surface area contributed by atoms with Crippen LogP contribution in [0.2, 0.25) is 0 Å². The summed E-state index contributed by atoms with van der Waals surface area (Å²) in [5.41, 5.74) is 13.7. The van der Waals surface area contributed by atoms with Crippen LogP contribution in [0.5, 0.6) is 0 Å². The molecule has 0 fully saturated rings. The van der Waals surface area contributed by atoms with Crippen LogP contribution in [0.25, 0.3) is 64.3 Å². The molecule has 0 saturated heterocycles. The third-order valence-corrected chi connectivity index (χ3v) is 12.1. The van der Waals surface area contributed by atoms with E-state index in [9.17, 15) is 0 Å². The summed E-state index contributed by atoms with van der Waals surface area (Å²) in [5.74, 6) is 0. The first-order valence-electron chi connectivity index (χ1n) is 17.7. The molecule has 0 N–H and O–H groups in total. The summed E-state index contributed by atoms with van der Waals surface area (Å²) >= 11 is 1.88. The van der Waals surface area contributed by atoms with Gasteiger partial charge in [0, 0.05) is 42.6 Å². The van der Waals surface area contributed by atoms with E-state index < -0.39 is 0 Å². The minimum atomic E-state index is -0.0928. The molecular formula is C49H35NS. The number of rotatable bonds is 5. The Kier molecular flexibility index (Phi) is 6.78. The lowest BCUT2D eigenvalue weighted by Crippen LogP contribution is -2.16. The van der Waals surface area contributed by atoms with Crippen molar-refractivity contribution in [2.45, 2.75) is 19.3 Å². The molecule has 0 radical (unpaired) electrons. The first-order valence-corrected chi connectivity index (χ1v) is 18.5. The van der Waals surface area contributed by atoms with Gasteiger partial charge in [-0.25, -0.2) is 0 Å². The predicted octanol–water partition coefficient (Wildman–Crippen LogP) is 14.3. The fraction of sp³-hybridized carbons (Fsp3) is 0.0612. The lowest BCUT2D eigenvalue weighted by atomic mass is 9.82. The molecule has 1 heterocycles. The number of benzene rings is 8. The maximum absolute atomic E-state index is 2.43. The molecular weight excluding hydrogens is 635 g/mol. The molecule has 10 rings (SSSR count). The largest absolute Gasteiger partial charge is 0.310 e. The van der Waals surface area contributed by atoms with E-state index in [1.54, 1.807) is 0 Å². The fourth-order valence-corrected chi connectivity index (χ4v) is 9.57. The number of fused-ring (bicyclic) bond motifs is 7. The Balaban J connectivity index is 1.14. The zero-order valence-electron chi connectivity index (χ0n) is 28.6. The summed E-state index contributed by atoms with van der Waals surface area (Å²) in [6, 6.07) is 64.8. The van der Waals surface area contributed by atoms with Gasteiger partial charge in [0.1, 0.15) is 0 Å². The molecule has 0 spiro atoms. The molecule has 1 aliphatic rings. The molecule has 0 saturated carbocycles. The van der Waals surface area contributed by atoms with Gasteiger partial charge in [0.15, 0.2) is 0 Å². The Labute approximate surface area is 302 Å². The van der Waals surface area contributed by atoms with Crippen molar-refractivity contribution in [3.8, 4) is 33.4 Å². The van der Waals surface area contributed by atoms with Gasteiger partial charge in [-0.1, -0.05) is 147 Å². The van der Waals surface area contributed by atoms with E-state index in [0.29, 0.717) is 0 Å². The molecule has 1 aromatic heterocycles. The van der Waals surface area contributed by atoms with Crippen LogP contribution >= 0.6 is 11.3 Å². The SMILES string of the molecule is CC1(C)c2ccccc2-c2ccc(N(c3ccc(-c4cccc5ccccc45)cc3)c3cccc(-c4cccc5c4sc4ccccc45)c3)cc21. The van der Waals surface area contributed by atoms with Gasteiger partial charge >= 0.3 is 0 Å². The second-order valence-electron chi connectivity index (χ2n) is 14.1. The van der Waals surface area contributed by atoms with E-state index in [-0.39, 0.29) is 5.41 Å². The second-order valence-corrected chi connectivity index (χ2v) is 15.2. The molecule has 2 heteroatoms. The standard InChI is InChI=1S/C49H35NS/c1-49(2)45-22-7-5-17-41(45)42-29-28-37(31-46(42)49)50(35-26-24-33(25-27-35)39-19-10-13-32-12-3-4-16-38(32)39)36-15-9-14-34(30-36)40-20-11-21-44-43-18-6-8-23-47(43)51-48(40)44/h3-31H,1-2H3. The molecule has 1 nitrogen and oxygen atoms in total. The Morgan fingerprint density at radius 1 is 0.412 bits per heavy atom. The number of hydrogen-bond acceptors (Lipinski definition) is 2. The summed E-state index contributed by atoms with van der Waals surface area (Å²) in [7, 11) is 0. The molecule has 8 aromatic carbocycles. The highest BCUT2D eigenvalue weighted by atomic mass is 32.1. The summed E-state index contributed by atoms with van der Waals surface area (Å²) in [6.45, 7) is 4.72. The van der Waals surface area contributed by atoms with Gasteiger partial charge in [0.2, 0.25) is 0 Å². The first kappa shape index (κ1) is 29.9. The Morgan fingerprint density at radius 2 is 1.04 bits per heavy atom. The van der Waals surface area contributed by atoms with E-state index in [4.69, 9.17) is 0 Å². The zero-order chi connectivity index (χ0) is 34.1. The van der Waals surface area contributed by atoms with E-state index >= 15 is 0 Å². The Hall–Kier alpha value is -5.96.